The minimum Gasteiger partial charge on any atom is -0.395 e. The van der Waals surface area contributed by atoms with E-state index in [-0.39, 0.29) is 18.6 Å². The van der Waals surface area contributed by atoms with E-state index in [1.165, 1.54) is 25.7 Å². The molecule has 4 heteroatoms. The molecule has 0 bridgehead atoms. The van der Waals surface area contributed by atoms with E-state index in [2.05, 4.69) is 5.32 Å². The highest BCUT2D eigenvalue weighted by Crippen LogP contribution is 2.24. The number of aliphatic hydroxyl groups excluding tert-OH is 1. The van der Waals surface area contributed by atoms with Crippen molar-refractivity contribution in [2.24, 2.45) is 0 Å². The number of piperidine rings is 1. The SMILES string of the molecule is O=C([C@@H]1CCCCN1)N(CCO)C1CCCCC1. The molecule has 0 aromatic heterocycles. The number of nitrogens with one attached hydrogen (secondary N) is 1. The Morgan fingerprint density at radius 2 is 1.83 bits per heavy atom. The summed E-state index contributed by atoms with van der Waals surface area (Å²) >= 11 is 0. The van der Waals surface area contributed by atoms with Crippen LogP contribution in [-0.2, 0) is 4.79 Å². The Morgan fingerprint density at radius 3 is 2.44 bits per heavy atom. The van der Waals surface area contributed by atoms with Gasteiger partial charge in [0.05, 0.1) is 12.6 Å². The van der Waals surface area contributed by atoms with E-state index in [4.69, 9.17) is 0 Å². The molecule has 2 N–H and O–H groups in total. The smallest absolute Gasteiger partial charge is 0.240 e. The number of hydrogen-bond donors (Lipinski definition) is 2. The molecule has 0 radical (unpaired) electrons. The normalized spacial score (nSPS) is 25.9. The standard InChI is InChI=1S/C14H26N2O2/c17-11-10-16(12-6-2-1-3-7-12)14(18)13-8-4-5-9-15-13/h12-13,15,17H,1-11H2/t13-/m0/s1. The van der Waals surface area contributed by atoms with Crippen LogP contribution in [0.4, 0.5) is 0 Å². The first kappa shape index (κ1) is 13.8. The first-order chi connectivity index (χ1) is 8.83. The highest BCUT2D eigenvalue weighted by Gasteiger charge is 2.30. The number of rotatable bonds is 4. The molecule has 4 nitrogen and oxygen atoms in total. The number of carbonyl (C=O) groups is 1. The minimum absolute atomic E-state index is 0.00720. The Hall–Kier alpha value is -0.610. The Balaban J connectivity index is 1.96. The molecule has 1 aliphatic carbocycles. The molecule has 0 aromatic carbocycles. The zero-order valence-electron chi connectivity index (χ0n) is 11.2. The maximum absolute atomic E-state index is 12.5. The molecular weight excluding hydrogens is 228 g/mol. The largest absolute Gasteiger partial charge is 0.395 e. The third kappa shape index (κ3) is 3.45. The van der Waals surface area contributed by atoms with Gasteiger partial charge in [0.15, 0.2) is 0 Å². The van der Waals surface area contributed by atoms with E-state index in [1.807, 2.05) is 4.90 Å². The second-order valence-electron chi connectivity index (χ2n) is 5.55. The van der Waals surface area contributed by atoms with Crippen LogP contribution in [0.15, 0.2) is 0 Å². The highest BCUT2D eigenvalue weighted by atomic mass is 16.3. The summed E-state index contributed by atoms with van der Waals surface area (Å²) in [6, 6.07) is 0.356. The van der Waals surface area contributed by atoms with Gasteiger partial charge in [-0.15, -0.1) is 0 Å². The summed E-state index contributed by atoms with van der Waals surface area (Å²) in [7, 11) is 0. The van der Waals surface area contributed by atoms with Crippen LogP contribution in [0, 0.1) is 0 Å². The third-order valence-corrected chi connectivity index (χ3v) is 4.25. The Labute approximate surface area is 110 Å². The van der Waals surface area contributed by atoms with Gasteiger partial charge in [-0.3, -0.25) is 4.79 Å². The monoisotopic (exact) mass is 254 g/mol. The van der Waals surface area contributed by atoms with Crippen molar-refractivity contribution in [3.8, 4) is 0 Å². The molecule has 1 saturated heterocycles. The molecule has 18 heavy (non-hydrogen) atoms. The lowest BCUT2D eigenvalue weighted by Crippen LogP contribution is -2.53. The number of carbonyl (C=O) groups excluding carboxylic acids is 1. The van der Waals surface area contributed by atoms with E-state index >= 15 is 0 Å². The van der Waals surface area contributed by atoms with Crippen molar-refractivity contribution >= 4 is 5.91 Å². The summed E-state index contributed by atoms with van der Waals surface area (Å²) in [5.41, 5.74) is 0. The predicted octanol–water partition coefficient (Wildman–Crippen LogP) is 1.28. The van der Waals surface area contributed by atoms with Gasteiger partial charge in [-0.05, 0) is 32.2 Å². The van der Waals surface area contributed by atoms with Crippen molar-refractivity contribution in [1.29, 1.82) is 0 Å². The van der Waals surface area contributed by atoms with Crippen LogP contribution in [0.5, 0.6) is 0 Å². The summed E-state index contributed by atoms with van der Waals surface area (Å²) in [5.74, 6) is 0.218. The fourth-order valence-corrected chi connectivity index (χ4v) is 3.24. The fraction of sp³-hybridized carbons (Fsp3) is 0.929. The van der Waals surface area contributed by atoms with Crippen LogP contribution in [-0.4, -0.2) is 47.7 Å². The second kappa shape index (κ2) is 7.10. The Bertz CT molecular complexity index is 259. The first-order valence-electron chi connectivity index (χ1n) is 7.47. The zero-order chi connectivity index (χ0) is 12.8. The van der Waals surface area contributed by atoms with Crippen LogP contribution in [0.2, 0.25) is 0 Å². The van der Waals surface area contributed by atoms with Crippen LogP contribution in [0.1, 0.15) is 51.4 Å². The average Bonchev–Trinajstić information content (AvgIpc) is 2.46. The third-order valence-electron chi connectivity index (χ3n) is 4.25. The zero-order valence-corrected chi connectivity index (χ0v) is 11.2. The molecule has 2 rings (SSSR count). The summed E-state index contributed by atoms with van der Waals surface area (Å²) < 4.78 is 0. The topological polar surface area (TPSA) is 52.6 Å². The van der Waals surface area contributed by atoms with E-state index in [9.17, 15) is 9.90 Å². The van der Waals surface area contributed by atoms with Gasteiger partial charge in [0.1, 0.15) is 0 Å². The van der Waals surface area contributed by atoms with Gasteiger partial charge in [-0.25, -0.2) is 0 Å². The summed E-state index contributed by atoms with van der Waals surface area (Å²) in [6.07, 6.45) is 9.22. The first-order valence-corrected chi connectivity index (χ1v) is 7.47. The molecule has 0 unspecified atom stereocenters. The van der Waals surface area contributed by atoms with Gasteiger partial charge in [0, 0.05) is 12.6 Å². The molecular formula is C14H26N2O2. The number of amides is 1. The van der Waals surface area contributed by atoms with Crippen LogP contribution in [0.3, 0.4) is 0 Å². The molecule has 2 fully saturated rings. The quantitative estimate of drug-likeness (QED) is 0.794. The van der Waals surface area contributed by atoms with Crippen molar-refractivity contribution in [3.05, 3.63) is 0 Å². The lowest BCUT2D eigenvalue weighted by atomic mass is 9.93. The maximum Gasteiger partial charge on any atom is 0.240 e. The van der Waals surface area contributed by atoms with Gasteiger partial charge >= 0.3 is 0 Å². The predicted molar refractivity (Wildman–Crippen MR) is 71.3 cm³/mol. The molecule has 1 amide bonds. The van der Waals surface area contributed by atoms with Gasteiger partial charge in [0.25, 0.3) is 0 Å². The fourth-order valence-electron chi connectivity index (χ4n) is 3.24. The van der Waals surface area contributed by atoms with Crippen molar-refractivity contribution in [3.63, 3.8) is 0 Å². The lowest BCUT2D eigenvalue weighted by molar-refractivity contribution is -0.137. The average molecular weight is 254 g/mol. The molecule has 104 valence electrons. The van der Waals surface area contributed by atoms with E-state index < -0.39 is 0 Å². The number of nitrogens with zero attached hydrogens (tertiary/aromatic N) is 1. The highest BCUT2D eigenvalue weighted by molar-refractivity contribution is 5.82. The van der Waals surface area contributed by atoms with E-state index in [1.54, 1.807) is 0 Å². The van der Waals surface area contributed by atoms with Gasteiger partial charge in [0.2, 0.25) is 5.91 Å². The lowest BCUT2D eigenvalue weighted by Gasteiger charge is -2.37. The van der Waals surface area contributed by atoms with Gasteiger partial charge in [-0.2, -0.15) is 0 Å². The van der Waals surface area contributed by atoms with Crippen LogP contribution < -0.4 is 5.32 Å². The summed E-state index contributed by atoms with van der Waals surface area (Å²) in [4.78, 5) is 14.5. The van der Waals surface area contributed by atoms with Crippen LogP contribution in [0.25, 0.3) is 0 Å². The minimum atomic E-state index is -0.00720. The van der Waals surface area contributed by atoms with E-state index in [0.29, 0.717) is 12.6 Å². The van der Waals surface area contributed by atoms with Crippen molar-refractivity contribution in [1.82, 2.24) is 10.2 Å². The molecule has 1 aliphatic heterocycles. The maximum atomic E-state index is 12.5. The summed E-state index contributed by atoms with van der Waals surface area (Å²) in [6.45, 7) is 1.53. The Kier molecular flexibility index (Phi) is 5.45. The van der Waals surface area contributed by atoms with Crippen molar-refractivity contribution in [2.75, 3.05) is 19.7 Å². The van der Waals surface area contributed by atoms with Gasteiger partial charge < -0.3 is 15.3 Å². The second-order valence-corrected chi connectivity index (χ2v) is 5.55. The van der Waals surface area contributed by atoms with Crippen molar-refractivity contribution < 1.29 is 9.90 Å². The van der Waals surface area contributed by atoms with Crippen molar-refractivity contribution in [2.45, 2.75) is 63.5 Å². The Morgan fingerprint density at radius 1 is 1.11 bits per heavy atom. The van der Waals surface area contributed by atoms with Gasteiger partial charge in [-0.1, -0.05) is 25.7 Å². The summed E-state index contributed by atoms with van der Waals surface area (Å²) in [5, 5.41) is 12.5. The molecule has 0 aromatic rings. The number of hydrogen-bond acceptors (Lipinski definition) is 3. The molecule has 1 atom stereocenters. The van der Waals surface area contributed by atoms with Crippen LogP contribution >= 0.6 is 0 Å². The van der Waals surface area contributed by atoms with E-state index in [0.717, 1.165) is 32.2 Å². The molecule has 1 heterocycles. The number of aliphatic hydroxyl groups is 1. The molecule has 0 spiro atoms. The molecule has 2 aliphatic rings. The molecule has 1 saturated carbocycles.